The molecule has 2 aliphatic rings. The summed E-state index contributed by atoms with van der Waals surface area (Å²) in [5.41, 5.74) is 0. The standard InChI is InChI=1S/C18H24N4O2/c1-13-3-6-16(24-13)11-21-8-7-15(10-21)22(14-4-5-14)17-9-18(23-2)20-12-19-17/h3,6,9,12,14-15H,4-5,7-8,10-11H2,1-2H3. The highest BCUT2D eigenvalue weighted by Gasteiger charge is 2.38. The summed E-state index contributed by atoms with van der Waals surface area (Å²) in [5.74, 6) is 3.65. The number of aryl methyl sites for hydroxylation is 1. The van der Waals surface area contributed by atoms with Gasteiger partial charge in [-0.05, 0) is 38.3 Å². The van der Waals surface area contributed by atoms with Gasteiger partial charge in [-0.15, -0.1) is 0 Å². The van der Waals surface area contributed by atoms with Gasteiger partial charge in [0.25, 0.3) is 0 Å². The van der Waals surface area contributed by atoms with Crippen molar-refractivity contribution < 1.29 is 9.15 Å². The third-order valence-electron chi connectivity index (χ3n) is 4.86. The first-order valence-electron chi connectivity index (χ1n) is 8.65. The SMILES string of the molecule is COc1cc(N(C2CC2)C2CCN(Cc3ccc(C)o3)C2)ncn1. The van der Waals surface area contributed by atoms with Crippen LogP contribution in [0.25, 0.3) is 0 Å². The van der Waals surface area contributed by atoms with Crippen LogP contribution in [0.1, 0.15) is 30.8 Å². The highest BCUT2D eigenvalue weighted by atomic mass is 16.5. The largest absolute Gasteiger partial charge is 0.481 e. The van der Waals surface area contributed by atoms with E-state index in [2.05, 4.69) is 25.8 Å². The fourth-order valence-electron chi connectivity index (χ4n) is 3.58. The molecule has 4 rings (SSSR count). The van der Waals surface area contributed by atoms with E-state index >= 15 is 0 Å². The van der Waals surface area contributed by atoms with E-state index in [0.29, 0.717) is 18.0 Å². The average molecular weight is 328 g/mol. The first kappa shape index (κ1) is 15.4. The quantitative estimate of drug-likeness (QED) is 0.812. The molecule has 0 aromatic carbocycles. The Balaban J connectivity index is 1.46. The molecule has 6 heteroatoms. The van der Waals surface area contributed by atoms with E-state index in [1.165, 1.54) is 12.8 Å². The van der Waals surface area contributed by atoms with Crippen molar-refractivity contribution in [2.75, 3.05) is 25.1 Å². The van der Waals surface area contributed by atoms with Gasteiger partial charge in [0.1, 0.15) is 23.7 Å². The Morgan fingerprint density at radius 3 is 2.83 bits per heavy atom. The molecule has 1 saturated heterocycles. The lowest BCUT2D eigenvalue weighted by molar-refractivity contribution is 0.290. The van der Waals surface area contributed by atoms with Crippen molar-refractivity contribution in [2.24, 2.45) is 0 Å². The van der Waals surface area contributed by atoms with Crippen LogP contribution in [0.15, 0.2) is 28.9 Å². The molecule has 1 unspecified atom stereocenters. The lowest BCUT2D eigenvalue weighted by Gasteiger charge is -2.30. The maximum Gasteiger partial charge on any atom is 0.218 e. The van der Waals surface area contributed by atoms with Gasteiger partial charge in [-0.1, -0.05) is 0 Å². The number of nitrogens with zero attached hydrogens (tertiary/aromatic N) is 4. The summed E-state index contributed by atoms with van der Waals surface area (Å²) < 4.78 is 11.0. The smallest absolute Gasteiger partial charge is 0.218 e. The minimum atomic E-state index is 0.494. The van der Waals surface area contributed by atoms with Crippen LogP contribution in [0.4, 0.5) is 5.82 Å². The summed E-state index contributed by atoms with van der Waals surface area (Å²) in [6.07, 6.45) is 5.25. The predicted octanol–water partition coefficient (Wildman–Crippen LogP) is 2.63. The minimum Gasteiger partial charge on any atom is -0.481 e. The molecule has 2 fully saturated rings. The Bertz CT molecular complexity index is 698. The molecule has 2 aromatic rings. The van der Waals surface area contributed by atoms with Crippen LogP contribution in [0.2, 0.25) is 0 Å². The number of hydrogen-bond acceptors (Lipinski definition) is 6. The van der Waals surface area contributed by atoms with E-state index in [0.717, 1.165) is 43.4 Å². The van der Waals surface area contributed by atoms with Crippen molar-refractivity contribution in [3.8, 4) is 5.88 Å². The number of furan rings is 1. The van der Waals surface area contributed by atoms with Crippen LogP contribution in [0, 0.1) is 6.92 Å². The fourth-order valence-corrected chi connectivity index (χ4v) is 3.58. The first-order chi connectivity index (χ1) is 11.7. The normalized spacial score (nSPS) is 21.2. The second kappa shape index (κ2) is 6.43. The Morgan fingerprint density at radius 1 is 1.25 bits per heavy atom. The first-order valence-corrected chi connectivity index (χ1v) is 8.65. The highest BCUT2D eigenvalue weighted by molar-refractivity contribution is 5.45. The van der Waals surface area contributed by atoms with Crippen LogP contribution < -0.4 is 9.64 Å². The van der Waals surface area contributed by atoms with Crippen molar-refractivity contribution in [1.29, 1.82) is 0 Å². The zero-order chi connectivity index (χ0) is 16.5. The zero-order valence-electron chi connectivity index (χ0n) is 14.3. The molecule has 0 N–H and O–H groups in total. The Labute approximate surface area is 142 Å². The Morgan fingerprint density at radius 2 is 2.12 bits per heavy atom. The molecule has 1 saturated carbocycles. The summed E-state index contributed by atoms with van der Waals surface area (Å²) in [6, 6.07) is 7.17. The van der Waals surface area contributed by atoms with Crippen molar-refractivity contribution in [3.05, 3.63) is 36.0 Å². The van der Waals surface area contributed by atoms with Crippen LogP contribution in [-0.4, -0.2) is 47.2 Å². The van der Waals surface area contributed by atoms with Crippen LogP contribution in [0.3, 0.4) is 0 Å². The van der Waals surface area contributed by atoms with E-state index in [1.54, 1.807) is 13.4 Å². The second-order valence-corrected chi connectivity index (χ2v) is 6.75. The van der Waals surface area contributed by atoms with Crippen molar-refractivity contribution in [1.82, 2.24) is 14.9 Å². The molecule has 6 nitrogen and oxygen atoms in total. The Kier molecular flexibility index (Phi) is 4.14. The molecule has 0 radical (unpaired) electrons. The molecule has 2 aromatic heterocycles. The molecule has 0 bridgehead atoms. The number of hydrogen-bond donors (Lipinski definition) is 0. The summed E-state index contributed by atoms with van der Waals surface area (Å²) in [6.45, 7) is 5.02. The van der Waals surface area contributed by atoms with Gasteiger partial charge in [0.15, 0.2) is 0 Å². The molecule has 128 valence electrons. The second-order valence-electron chi connectivity index (χ2n) is 6.75. The monoisotopic (exact) mass is 328 g/mol. The fraction of sp³-hybridized carbons (Fsp3) is 0.556. The maximum absolute atomic E-state index is 5.72. The number of aromatic nitrogens is 2. The number of anilines is 1. The van der Waals surface area contributed by atoms with E-state index in [9.17, 15) is 0 Å². The van der Waals surface area contributed by atoms with Crippen molar-refractivity contribution in [2.45, 2.75) is 44.8 Å². The van der Waals surface area contributed by atoms with Crippen molar-refractivity contribution in [3.63, 3.8) is 0 Å². The topological polar surface area (TPSA) is 54.6 Å². The van der Waals surface area contributed by atoms with Crippen molar-refractivity contribution >= 4 is 5.82 Å². The molecule has 3 heterocycles. The van der Waals surface area contributed by atoms with E-state index in [-0.39, 0.29) is 0 Å². The summed E-state index contributed by atoms with van der Waals surface area (Å²) in [4.78, 5) is 13.6. The Hall–Kier alpha value is -2.08. The lowest BCUT2D eigenvalue weighted by atomic mass is 10.2. The van der Waals surface area contributed by atoms with Gasteiger partial charge in [0, 0.05) is 31.2 Å². The van der Waals surface area contributed by atoms with Crippen LogP contribution >= 0.6 is 0 Å². The molecular formula is C18H24N4O2. The third kappa shape index (κ3) is 3.24. The summed E-state index contributed by atoms with van der Waals surface area (Å²) in [7, 11) is 1.65. The molecule has 24 heavy (non-hydrogen) atoms. The van der Waals surface area contributed by atoms with Gasteiger partial charge < -0.3 is 14.1 Å². The molecule has 0 amide bonds. The van der Waals surface area contributed by atoms with E-state index in [1.807, 2.05) is 19.1 Å². The minimum absolute atomic E-state index is 0.494. The number of rotatable bonds is 6. The van der Waals surface area contributed by atoms with Gasteiger partial charge in [0.05, 0.1) is 13.7 Å². The average Bonchev–Trinajstić information content (AvgIpc) is 3.18. The van der Waals surface area contributed by atoms with E-state index < -0.39 is 0 Å². The van der Waals surface area contributed by atoms with Gasteiger partial charge in [-0.2, -0.15) is 0 Å². The lowest BCUT2D eigenvalue weighted by Crippen LogP contribution is -2.39. The van der Waals surface area contributed by atoms with Gasteiger partial charge in [0.2, 0.25) is 5.88 Å². The summed E-state index contributed by atoms with van der Waals surface area (Å²) in [5, 5.41) is 0. The molecule has 0 spiro atoms. The van der Waals surface area contributed by atoms with Gasteiger partial charge in [-0.25, -0.2) is 9.97 Å². The predicted molar refractivity (Wildman–Crippen MR) is 91.2 cm³/mol. The van der Waals surface area contributed by atoms with E-state index in [4.69, 9.17) is 9.15 Å². The summed E-state index contributed by atoms with van der Waals surface area (Å²) >= 11 is 0. The number of likely N-dealkylation sites (tertiary alicyclic amines) is 1. The zero-order valence-corrected chi connectivity index (χ0v) is 14.3. The molecule has 1 aliphatic carbocycles. The van der Waals surface area contributed by atoms with Crippen LogP contribution in [-0.2, 0) is 6.54 Å². The number of ether oxygens (including phenoxy) is 1. The maximum atomic E-state index is 5.72. The molecule has 1 aliphatic heterocycles. The highest BCUT2D eigenvalue weighted by Crippen LogP contribution is 2.35. The van der Waals surface area contributed by atoms with Crippen LogP contribution in [0.5, 0.6) is 5.88 Å². The van der Waals surface area contributed by atoms with Gasteiger partial charge in [-0.3, -0.25) is 4.90 Å². The molecular weight excluding hydrogens is 304 g/mol. The third-order valence-corrected chi connectivity index (χ3v) is 4.86. The molecule has 1 atom stereocenters. The van der Waals surface area contributed by atoms with Gasteiger partial charge >= 0.3 is 0 Å². The number of methoxy groups -OCH3 is 1.